The second-order valence-corrected chi connectivity index (χ2v) is 7.18. The molecular formula is C19H32BrIN4O2. The fraction of sp³-hybridized carbons (Fsp3) is 0.632. The van der Waals surface area contributed by atoms with Crippen LogP contribution in [-0.4, -0.2) is 57.8 Å². The average Bonchev–Trinajstić information content (AvgIpc) is 2.67. The minimum atomic E-state index is 0. The fourth-order valence-electron chi connectivity index (χ4n) is 3.04. The van der Waals surface area contributed by atoms with Gasteiger partial charge in [0, 0.05) is 24.1 Å². The maximum Gasteiger partial charge on any atom is 0.191 e. The summed E-state index contributed by atoms with van der Waals surface area (Å²) >= 11 is 3.59. The highest BCUT2D eigenvalue weighted by Crippen LogP contribution is 2.33. The maximum absolute atomic E-state index is 5.39. The minimum absolute atomic E-state index is 0. The zero-order valence-corrected chi connectivity index (χ0v) is 20.4. The molecule has 154 valence electrons. The number of hydrogen-bond acceptors (Lipinski definition) is 4. The van der Waals surface area contributed by atoms with Crippen molar-refractivity contribution >= 4 is 45.9 Å². The number of rotatable bonds is 8. The van der Waals surface area contributed by atoms with Crippen LogP contribution in [0.3, 0.4) is 0 Å². The molecule has 0 bridgehead atoms. The predicted molar refractivity (Wildman–Crippen MR) is 126 cm³/mol. The van der Waals surface area contributed by atoms with Crippen LogP contribution < -0.4 is 20.1 Å². The molecule has 0 aliphatic carbocycles. The summed E-state index contributed by atoms with van der Waals surface area (Å²) in [4.78, 5) is 7.23. The molecule has 1 aliphatic rings. The molecule has 0 radical (unpaired) electrons. The van der Waals surface area contributed by atoms with Gasteiger partial charge in [-0.1, -0.05) is 22.4 Å². The first kappa shape index (κ1) is 24.3. The summed E-state index contributed by atoms with van der Waals surface area (Å²) in [5, 5.41) is 6.75. The van der Waals surface area contributed by atoms with Gasteiger partial charge in [-0.25, -0.2) is 4.99 Å². The molecule has 1 aromatic carbocycles. The van der Waals surface area contributed by atoms with Gasteiger partial charge in [0.15, 0.2) is 17.5 Å². The molecule has 1 heterocycles. The number of aliphatic imine (C=N–C) groups is 1. The van der Waals surface area contributed by atoms with E-state index in [0.29, 0.717) is 18.0 Å². The number of likely N-dealkylation sites (tertiary alicyclic amines) is 1. The molecule has 1 aliphatic heterocycles. The van der Waals surface area contributed by atoms with E-state index < -0.39 is 0 Å². The van der Waals surface area contributed by atoms with Crippen molar-refractivity contribution in [3.05, 3.63) is 22.2 Å². The largest absolute Gasteiger partial charge is 0.493 e. The Labute approximate surface area is 188 Å². The van der Waals surface area contributed by atoms with Crippen molar-refractivity contribution in [2.75, 3.05) is 46.9 Å². The summed E-state index contributed by atoms with van der Waals surface area (Å²) in [6, 6.07) is 3.88. The van der Waals surface area contributed by atoms with E-state index in [1.54, 1.807) is 14.2 Å². The van der Waals surface area contributed by atoms with Gasteiger partial charge in [-0.3, -0.25) is 0 Å². The first-order valence-electron chi connectivity index (χ1n) is 9.32. The van der Waals surface area contributed by atoms with Crippen LogP contribution >= 0.6 is 39.9 Å². The lowest BCUT2D eigenvalue weighted by molar-refractivity contribution is 0.232. The van der Waals surface area contributed by atoms with Crippen molar-refractivity contribution in [2.45, 2.75) is 32.7 Å². The van der Waals surface area contributed by atoms with Crippen molar-refractivity contribution in [1.29, 1.82) is 0 Å². The van der Waals surface area contributed by atoms with Gasteiger partial charge in [0.2, 0.25) is 0 Å². The number of halogens is 2. The van der Waals surface area contributed by atoms with E-state index in [-0.39, 0.29) is 24.0 Å². The molecule has 2 rings (SSSR count). The predicted octanol–water partition coefficient (Wildman–Crippen LogP) is 3.63. The highest BCUT2D eigenvalue weighted by Gasteiger charge is 2.11. The number of ether oxygens (including phenoxy) is 2. The summed E-state index contributed by atoms with van der Waals surface area (Å²) in [6.07, 6.45) is 4.01. The lowest BCUT2D eigenvalue weighted by Gasteiger charge is -2.26. The Kier molecular flexibility index (Phi) is 12.1. The van der Waals surface area contributed by atoms with E-state index >= 15 is 0 Å². The number of guanidine groups is 1. The van der Waals surface area contributed by atoms with Crippen LogP contribution in [0.4, 0.5) is 0 Å². The van der Waals surface area contributed by atoms with Gasteiger partial charge in [-0.05, 0) is 50.6 Å². The third kappa shape index (κ3) is 8.03. The normalized spacial score (nSPS) is 15.0. The summed E-state index contributed by atoms with van der Waals surface area (Å²) in [5.41, 5.74) is 1.05. The minimum Gasteiger partial charge on any atom is -0.493 e. The topological polar surface area (TPSA) is 58.1 Å². The van der Waals surface area contributed by atoms with Gasteiger partial charge in [0.25, 0.3) is 0 Å². The van der Waals surface area contributed by atoms with Gasteiger partial charge >= 0.3 is 0 Å². The molecule has 8 heteroatoms. The molecule has 0 unspecified atom stereocenters. The van der Waals surface area contributed by atoms with Gasteiger partial charge in [0.1, 0.15) is 0 Å². The number of hydrogen-bond donors (Lipinski definition) is 2. The first-order valence-corrected chi connectivity index (χ1v) is 10.1. The highest BCUT2D eigenvalue weighted by atomic mass is 127. The Morgan fingerprint density at radius 1 is 1.11 bits per heavy atom. The Balaban J connectivity index is 0.00000364. The van der Waals surface area contributed by atoms with E-state index in [0.717, 1.165) is 35.6 Å². The lowest BCUT2D eigenvalue weighted by atomic mass is 10.1. The SMILES string of the molecule is CCNC(=NCc1cc(OC)c(OC)cc1Br)NCCN1CCCCC1.I. The van der Waals surface area contributed by atoms with Crippen LogP contribution in [0, 0.1) is 0 Å². The summed E-state index contributed by atoms with van der Waals surface area (Å²) in [5.74, 6) is 2.26. The van der Waals surface area contributed by atoms with Crippen molar-refractivity contribution in [2.24, 2.45) is 4.99 Å². The Hall–Kier alpha value is -0.740. The third-order valence-corrected chi connectivity index (χ3v) is 5.21. The monoisotopic (exact) mass is 554 g/mol. The third-order valence-electron chi connectivity index (χ3n) is 4.47. The van der Waals surface area contributed by atoms with Gasteiger partial charge in [-0.2, -0.15) is 0 Å². The van der Waals surface area contributed by atoms with Crippen LogP contribution in [0.25, 0.3) is 0 Å². The standard InChI is InChI=1S/C19H31BrN4O2.HI/c1-4-21-19(22-8-11-24-9-6-5-7-10-24)23-14-15-12-17(25-2)18(26-3)13-16(15)20;/h12-13H,4-11,14H2,1-3H3,(H2,21,22,23);1H. The summed E-state index contributed by atoms with van der Waals surface area (Å²) in [7, 11) is 3.28. The Bertz CT molecular complexity index is 595. The molecule has 6 nitrogen and oxygen atoms in total. The molecule has 0 aromatic heterocycles. The van der Waals surface area contributed by atoms with E-state index in [1.807, 2.05) is 12.1 Å². The molecule has 0 saturated carbocycles. The number of piperidine rings is 1. The van der Waals surface area contributed by atoms with Crippen LogP contribution in [-0.2, 0) is 6.54 Å². The summed E-state index contributed by atoms with van der Waals surface area (Å²) < 4.78 is 11.7. The van der Waals surface area contributed by atoms with Gasteiger partial charge in [-0.15, -0.1) is 24.0 Å². The molecule has 0 spiro atoms. The molecule has 2 N–H and O–H groups in total. The zero-order chi connectivity index (χ0) is 18.8. The molecule has 0 atom stereocenters. The van der Waals surface area contributed by atoms with Crippen LogP contribution in [0.15, 0.2) is 21.6 Å². The van der Waals surface area contributed by atoms with Crippen molar-refractivity contribution < 1.29 is 9.47 Å². The number of methoxy groups -OCH3 is 2. The molecule has 1 saturated heterocycles. The van der Waals surface area contributed by atoms with Crippen LogP contribution in [0.1, 0.15) is 31.7 Å². The van der Waals surface area contributed by atoms with Gasteiger partial charge < -0.3 is 25.0 Å². The van der Waals surface area contributed by atoms with Crippen molar-refractivity contribution in [1.82, 2.24) is 15.5 Å². The van der Waals surface area contributed by atoms with Crippen LogP contribution in [0.2, 0.25) is 0 Å². The molecule has 1 aromatic rings. The first-order chi connectivity index (χ1) is 12.7. The summed E-state index contributed by atoms with van der Waals surface area (Å²) in [6.45, 7) is 7.86. The van der Waals surface area contributed by atoms with Crippen LogP contribution in [0.5, 0.6) is 11.5 Å². The quantitative estimate of drug-likeness (QED) is 0.292. The zero-order valence-electron chi connectivity index (χ0n) is 16.5. The molecular weight excluding hydrogens is 523 g/mol. The molecule has 27 heavy (non-hydrogen) atoms. The molecule has 1 fully saturated rings. The average molecular weight is 555 g/mol. The Morgan fingerprint density at radius 2 is 1.78 bits per heavy atom. The number of nitrogens with one attached hydrogen (secondary N) is 2. The Morgan fingerprint density at radius 3 is 2.41 bits per heavy atom. The lowest BCUT2D eigenvalue weighted by Crippen LogP contribution is -2.42. The van der Waals surface area contributed by atoms with Crippen molar-refractivity contribution in [3.63, 3.8) is 0 Å². The van der Waals surface area contributed by atoms with E-state index in [9.17, 15) is 0 Å². The van der Waals surface area contributed by atoms with E-state index in [1.165, 1.54) is 32.4 Å². The van der Waals surface area contributed by atoms with E-state index in [4.69, 9.17) is 14.5 Å². The van der Waals surface area contributed by atoms with Gasteiger partial charge in [0.05, 0.1) is 20.8 Å². The molecule has 0 amide bonds. The number of benzene rings is 1. The smallest absolute Gasteiger partial charge is 0.191 e. The highest BCUT2D eigenvalue weighted by molar-refractivity contribution is 14.0. The fourth-order valence-corrected chi connectivity index (χ4v) is 3.49. The van der Waals surface area contributed by atoms with E-state index in [2.05, 4.69) is 38.4 Å². The second-order valence-electron chi connectivity index (χ2n) is 6.32. The second kappa shape index (κ2) is 13.4. The maximum atomic E-state index is 5.39. The van der Waals surface area contributed by atoms with Crippen molar-refractivity contribution in [3.8, 4) is 11.5 Å². The number of nitrogens with zero attached hydrogens (tertiary/aromatic N) is 2.